The molecule has 22 heavy (non-hydrogen) atoms. The van der Waals surface area contributed by atoms with E-state index in [1.165, 1.54) is 29.8 Å². The third kappa shape index (κ3) is 3.48. The standard InChI is InChI=1S/C19H16FNO/c1-13(2)15-9-7-14(8-10-15)11-16(12-21)19(22)17-5-3-4-6-18(17)20/h3-11,13H,1-2H3/b16-11+. The molecular weight excluding hydrogens is 277 g/mol. The van der Waals surface area contributed by atoms with Gasteiger partial charge in [0.2, 0.25) is 5.78 Å². The fourth-order valence-corrected chi connectivity index (χ4v) is 2.08. The molecule has 0 radical (unpaired) electrons. The molecule has 0 amide bonds. The van der Waals surface area contributed by atoms with Gasteiger partial charge in [0, 0.05) is 0 Å². The zero-order valence-corrected chi connectivity index (χ0v) is 12.5. The molecule has 0 atom stereocenters. The van der Waals surface area contributed by atoms with Gasteiger partial charge < -0.3 is 0 Å². The molecule has 0 N–H and O–H groups in total. The van der Waals surface area contributed by atoms with Gasteiger partial charge >= 0.3 is 0 Å². The second-order valence-electron chi connectivity index (χ2n) is 5.30. The molecule has 0 aliphatic carbocycles. The van der Waals surface area contributed by atoms with Crippen LogP contribution in [0.3, 0.4) is 0 Å². The molecule has 110 valence electrons. The lowest BCUT2D eigenvalue weighted by Gasteiger charge is -2.05. The number of benzene rings is 2. The number of ketones is 1. The van der Waals surface area contributed by atoms with Crippen LogP contribution in [0.15, 0.2) is 54.1 Å². The molecule has 0 saturated carbocycles. The van der Waals surface area contributed by atoms with Crippen molar-refractivity contribution < 1.29 is 9.18 Å². The summed E-state index contributed by atoms with van der Waals surface area (Å²) in [5.74, 6) is -0.814. The topological polar surface area (TPSA) is 40.9 Å². The van der Waals surface area contributed by atoms with Gasteiger partial charge in [-0.3, -0.25) is 4.79 Å². The van der Waals surface area contributed by atoms with Crippen molar-refractivity contribution in [1.29, 1.82) is 5.26 Å². The summed E-state index contributed by atoms with van der Waals surface area (Å²) in [7, 11) is 0. The van der Waals surface area contributed by atoms with Gasteiger partial charge in [0.25, 0.3) is 0 Å². The highest BCUT2D eigenvalue weighted by atomic mass is 19.1. The lowest BCUT2D eigenvalue weighted by molar-refractivity contribution is 0.103. The first-order valence-electron chi connectivity index (χ1n) is 7.04. The van der Waals surface area contributed by atoms with E-state index in [0.717, 1.165) is 5.56 Å². The molecule has 0 bridgehead atoms. The minimum Gasteiger partial charge on any atom is -0.288 e. The van der Waals surface area contributed by atoms with Crippen molar-refractivity contribution in [3.8, 4) is 6.07 Å². The molecule has 0 heterocycles. The number of rotatable bonds is 4. The van der Waals surface area contributed by atoms with Gasteiger partial charge in [-0.25, -0.2) is 4.39 Å². The first-order chi connectivity index (χ1) is 10.5. The monoisotopic (exact) mass is 293 g/mol. The summed E-state index contributed by atoms with van der Waals surface area (Å²) in [5.41, 5.74) is 1.75. The molecular formula is C19H16FNO. The third-order valence-corrected chi connectivity index (χ3v) is 3.40. The molecule has 2 aromatic rings. The molecule has 0 fully saturated rings. The maximum atomic E-state index is 13.7. The van der Waals surface area contributed by atoms with Crippen LogP contribution in [0, 0.1) is 17.1 Å². The Kier molecular flexibility index (Phi) is 4.85. The molecule has 0 unspecified atom stereocenters. The average molecular weight is 293 g/mol. The lowest BCUT2D eigenvalue weighted by Crippen LogP contribution is -2.04. The fraction of sp³-hybridized carbons (Fsp3) is 0.158. The van der Waals surface area contributed by atoms with E-state index in [0.29, 0.717) is 5.92 Å². The maximum Gasteiger partial charge on any atom is 0.206 e. The van der Waals surface area contributed by atoms with E-state index in [-0.39, 0.29) is 11.1 Å². The minimum atomic E-state index is -0.621. The van der Waals surface area contributed by atoms with Crippen LogP contribution in [0.5, 0.6) is 0 Å². The normalized spacial score (nSPS) is 11.3. The number of nitriles is 1. The number of Topliss-reactive ketones (excluding diaryl/α,β-unsaturated/α-hetero) is 1. The predicted octanol–water partition coefficient (Wildman–Crippen LogP) is 4.74. The summed E-state index contributed by atoms with van der Waals surface area (Å²) >= 11 is 0. The number of hydrogen-bond acceptors (Lipinski definition) is 2. The van der Waals surface area contributed by atoms with E-state index < -0.39 is 11.6 Å². The van der Waals surface area contributed by atoms with E-state index in [2.05, 4.69) is 13.8 Å². The van der Waals surface area contributed by atoms with Gasteiger partial charge in [-0.05, 0) is 35.3 Å². The van der Waals surface area contributed by atoms with Gasteiger partial charge in [-0.1, -0.05) is 50.2 Å². The third-order valence-electron chi connectivity index (χ3n) is 3.40. The number of nitrogens with zero attached hydrogens (tertiary/aromatic N) is 1. The highest BCUT2D eigenvalue weighted by Gasteiger charge is 2.15. The number of carbonyl (C=O) groups is 1. The van der Waals surface area contributed by atoms with E-state index in [9.17, 15) is 14.4 Å². The Labute approximate surface area is 129 Å². The van der Waals surface area contributed by atoms with E-state index in [1.807, 2.05) is 30.3 Å². The van der Waals surface area contributed by atoms with Crippen LogP contribution in [-0.4, -0.2) is 5.78 Å². The number of halogens is 1. The number of carbonyl (C=O) groups excluding carboxylic acids is 1. The summed E-state index contributed by atoms with van der Waals surface area (Å²) in [5, 5.41) is 9.19. The van der Waals surface area contributed by atoms with Crippen LogP contribution < -0.4 is 0 Å². The number of hydrogen-bond donors (Lipinski definition) is 0. The first-order valence-corrected chi connectivity index (χ1v) is 7.04. The summed E-state index contributed by atoms with van der Waals surface area (Å²) in [4.78, 5) is 12.2. The van der Waals surface area contributed by atoms with Gasteiger partial charge in [-0.15, -0.1) is 0 Å². The van der Waals surface area contributed by atoms with Crippen LogP contribution in [0.4, 0.5) is 4.39 Å². The fourth-order valence-electron chi connectivity index (χ4n) is 2.08. The summed E-state index contributed by atoms with van der Waals surface area (Å²) in [6.45, 7) is 4.18. The van der Waals surface area contributed by atoms with Gasteiger partial charge in [-0.2, -0.15) is 5.26 Å². The first kappa shape index (κ1) is 15.7. The molecule has 0 saturated heterocycles. The van der Waals surface area contributed by atoms with Crippen molar-refractivity contribution in [2.75, 3.05) is 0 Å². The van der Waals surface area contributed by atoms with Crippen LogP contribution in [0.25, 0.3) is 6.08 Å². The van der Waals surface area contributed by atoms with E-state index in [1.54, 1.807) is 6.07 Å². The van der Waals surface area contributed by atoms with Crippen molar-refractivity contribution in [2.45, 2.75) is 19.8 Å². The molecule has 0 aromatic heterocycles. The Morgan fingerprint density at radius 3 is 2.32 bits per heavy atom. The highest BCUT2D eigenvalue weighted by molar-refractivity contribution is 6.14. The van der Waals surface area contributed by atoms with Gasteiger partial charge in [0.1, 0.15) is 17.5 Å². The predicted molar refractivity (Wildman–Crippen MR) is 84.9 cm³/mol. The van der Waals surface area contributed by atoms with Crippen LogP contribution >= 0.6 is 0 Å². The largest absolute Gasteiger partial charge is 0.288 e. The lowest BCUT2D eigenvalue weighted by atomic mass is 9.99. The van der Waals surface area contributed by atoms with Crippen LogP contribution in [0.1, 0.15) is 41.3 Å². The molecule has 2 nitrogen and oxygen atoms in total. The molecule has 0 aliphatic rings. The van der Waals surface area contributed by atoms with Crippen molar-refractivity contribution in [3.05, 3.63) is 76.6 Å². The van der Waals surface area contributed by atoms with Crippen molar-refractivity contribution in [3.63, 3.8) is 0 Å². The Hall–Kier alpha value is -2.73. The molecule has 2 aromatic carbocycles. The zero-order valence-electron chi connectivity index (χ0n) is 12.5. The molecule has 0 aliphatic heterocycles. The molecule has 2 rings (SSSR count). The summed E-state index contributed by atoms with van der Waals surface area (Å²) in [6, 6.07) is 15.1. The number of allylic oxidation sites excluding steroid dienone is 1. The zero-order chi connectivity index (χ0) is 16.1. The van der Waals surface area contributed by atoms with E-state index >= 15 is 0 Å². The minimum absolute atomic E-state index is 0.0811. The Morgan fingerprint density at radius 2 is 1.77 bits per heavy atom. The maximum absolute atomic E-state index is 13.7. The Bertz CT molecular complexity index is 752. The summed E-state index contributed by atoms with van der Waals surface area (Å²) < 4.78 is 13.7. The van der Waals surface area contributed by atoms with Gasteiger partial charge in [0.05, 0.1) is 5.56 Å². The molecule has 0 spiro atoms. The van der Waals surface area contributed by atoms with Crippen LogP contribution in [-0.2, 0) is 0 Å². The average Bonchev–Trinajstić information content (AvgIpc) is 2.53. The summed E-state index contributed by atoms with van der Waals surface area (Å²) in [6.07, 6.45) is 1.48. The second-order valence-corrected chi connectivity index (χ2v) is 5.30. The van der Waals surface area contributed by atoms with Crippen molar-refractivity contribution in [2.24, 2.45) is 0 Å². The van der Waals surface area contributed by atoms with Crippen molar-refractivity contribution >= 4 is 11.9 Å². The Morgan fingerprint density at radius 1 is 1.14 bits per heavy atom. The van der Waals surface area contributed by atoms with Crippen LogP contribution in [0.2, 0.25) is 0 Å². The van der Waals surface area contributed by atoms with E-state index in [4.69, 9.17) is 0 Å². The van der Waals surface area contributed by atoms with Gasteiger partial charge in [0.15, 0.2) is 0 Å². The second kappa shape index (κ2) is 6.82. The smallest absolute Gasteiger partial charge is 0.206 e. The van der Waals surface area contributed by atoms with Crippen molar-refractivity contribution in [1.82, 2.24) is 0 Å². The highest BCUT2D eigenvalue weighted by Crippen LogP contribution is 2.18. The Balaban J connectivity index is 2.34. The SMILES string of the molecule is CC(C)c1ccc(/C=C(\C#N)C(=O)c2ccccc2F)cc1. The quantitative estimate of drug-likeness (QED) is 0.464. The molecule has 3 heteroatoms.